The second-order valence-corrected chi connectivity index (χ2v) is 4.83. The molecule has 1 heterocycles. The monoisotopic (exact) mass is 216 g/mol. The van der Waals surface area contributed by atoms with E-state index in [0.29, 0.717) is 6.61 Å². The van der Waals surface area contributed by atoms with Gasteiger partial charge in [0.25, 0.3) is 0 Å². The quantitative estimate of drug-likeness (QED) is 0.819. The van der Waals surface area contributed by atoms with Crippen LogP contribution in [0.15, 0.2) is 29.3 Å². The van der Waals surface area contributed by atoms with E-state index in [2.05, 4.69) is 36.2 Å². The third-order valence-electron chi connectivity index (χ3n) is 3.29. The Morgan fingerprint density at radius 1 is 1.31 bits per heavy atom. The van der Waals surface area contributed by atoms with Gasteiger partial charge in [0.1, 0.15) is 6.61 Å². The van der Waals surface area contributed by atoms with Crippen LogP contribution in [0.4, 0.5) is 0 Å². The van der Waals surface area contributed by atoms with Crippen molar-refractivity contribution in [3.05, 3.63) is 35.4 Å². The molecule has 1 unspecified atom stereocenters. The molecule has 1 aromatic rings. The van der Waals surface area contributed by atoms with E-state index in [0.717, 1.165) is 24.3 Å². The molecule has 1 atom stereocenters. The van der Waals surface area contributed by atoms with Crippen molar-refractivity contribution in [1.82, 2.24) is 0 Å². The fourth-order valence-electron chi connectivity index (χ4n) is 2.00. The van der Waals surface area contributed by atoms with Crippen molar-refractivity contribution in [3.8, 4) is 0 Å². The third-order valence-corrected chi connectivity index (χ3v) is 3.29. The summed E-state index contributed by atoms with van der Waals surface area (Å²) in [6.07, 6.45) is 2.20. The van der Waals surface area contributed by atoms with E-state index in [4.69, 9.17) is 10.5 Å². The molecule has 0 aromatic heterocycles. The number of nitrogens with two attached hydrogens (primary N) is 1. The van der Waals surface area contributed by atoms with Gasteiger partial charge >= 0.3 is 0 Å². The fraction of sp³-hybridized carbons (Fsp3) is 0.462. The van der Waals surface area contributed by atoms with Crippen molar-refractivity contribution in [2.24, 2.45) is 10.7 Å². The lowest BCUT2D eigenvalue weighted by Crippen LogP contribution is -2.18. The highest BCUT2D eigenvalue weighted by Gasteiger charge is 2.39. The molecular formula is C13H16N2O. The number of ether oxygens (including phenoxy) is 1. The number of benzene rings is 1. The van der Waals surface area contributed by atoms with Crippen LogP contribution in [0.5, 0.6) is 0 Å². The minimum atomic E-state index is -0.0514. The lowest BCUT2D eigenvalue weighted by Gasteiger charge is -2.09. The van der Waals surface area contributed by atoms with E-state index in [-0.39, 0.29) is 11.6 Å². The number of aliphatic imine (C=N–C) groups is 1. The van der Waals surface area contributed by atoms with Gasteiger partial charge in [-0.15, -0.1) is 0 Å². The summed E-state index contributed by atoms with van der Waals surface area (Å²) in [5.41, 5.74) is 8.36. The van der Waals surface area contributed by atoms with Gasteiger partial charge in [-0.05, 0) is 37.5 Å². The number of nitrogens with zero attached hydrogens (tertiary/aromatic N) is 1. The predicted molar refractivity (Wildman–Crippen MR) is 63.5 cm³/mol. The van der Waals surface area contributed by atoms with E-state index in [9.17, 15) is 0 Å². The molecule has 3 heteroatoms. The molecule has 1 aliphatic heterocycles. The molecule has 1 aliphatic carbocycles. The molecule has 3 rings (SSSR count). The van der Waals surface area contributed by atoms with Crippen molar-refractivity contribution in [3.63, 3.8) is 0 Å². The van der Waals surface area contributed by atoms with Gasteiger partial charge in [-0.25, -0.2) is 4.99 Å². The second kappa shape index (κ2) is 3.32. The number of hydrogen-bond acceptors (Lipinski definition) is 3. The molecule has 16 heavy (non-hydrogen) atoms. The molecule has 0 amide bonds. The van der Waals surface area contributed by atoms with Gasteiger partial charge in [0.2, 0.25) is 5.90 Å². The minimum Gasteiger partial charge on any atom is -0.475 e. The maximum Gasteiger partial charge on any atom is 0.216 e. The minimum absolute atomic E-state index is 0.0514. The maximum atomic E-state index is 6.13. The first-order valence-electron chi connectivity index (χ1n) is 5.78. The highest BCUT2D eigenvalue weighted by molar-refractivity contribution is 5.95. The average Bonchev–Trinajstić information content (AvgIpc) is 2.89. The Kier molecular flexibility index (Phi) is 2.04. The van der Waals surface area contributed by atoms with E-state index in [1.165, 1.54) is 5.56 Å². The molecule has 0 saturated heterocycles. The molecule has 3 nitrogen and oxygen atoms in total. The summed E-state index contributed by atoms with van der Waals surface area (Å²) in [7, 11) is 0. The van der Waals surface area contributed by atoms with Crippen LogP contribution in [0.3, 0.4) is 0 Å². The van der Waals surface area contributed by atoms with Gasteiger partial charge in [0.05, 0.1) is 6.04 Å². The average molecular weight is 216 g/mol. The maximum absolute atomic E-state index is 6.13. The van der Waals surface area contributed by atoms with Gasteiger partial charge in [0.15, 0.2) is 0 Å². The van der Waals surface area contributed by atoms with Gasteiger partial charge in [-0.1, -0.05) is 12.1 Å². The first-order chi connectivity index (χ1) is 7.67. The molecule has 0 bridgehead atoms. The number of rotatable bonds is 2. The van der Waals surface area contributed by atoms with Gasteiger partial charge in [0, 0.05) is 11.1 Å². The smallest absolute Gasteiger partial charge is 0.216 e. The van der Waals surface area contributed by atoms with Gasteiger partial charge < -0.3 is 10.5 Å². The van der Waals surface area contributed by atoms with Crippen molar-refractivity contribution >= 4 is 5.90 Å². The van der Waals surface area contributed by atoms with E-state index < -0.39 is 0 Å². The molecule has 2 aliphatic rings. The van der Waals surface area contributed by atoms with Crippen molar-refractivity contribution in [2.45, 2.75) is 31.3 Å². The van der Waals surface area contributed by atoms with Crippen molar-refractivity contribution in [2.75, 3.05) is 6.61 Å². The highest BCUT2D eigenvalue weighted by Crippen LogP contribution is 2.42. The summed E-state index contributed by atoms with van der Waals surface area (Å²) >= 11 is 0. The summed E-state index contributed by atoms with van der Waals surface area (Å²) in [6, 6.07) is 8.58. The fourth-order valence-corrected chi connectivity index (χ4v) is 2.00. The van der Waals surface area contributed by atoms with E-state index in [1.54, 1.807) is 0 Å². The first kappa shape index (κ1) is 9.85. The van der Waals surface area contributed by atoms with Crippen LogP contribution in [-0.2, 0) is 10.3 Å². The van der Waals surface area contributed by atoms with Crippen molar-refractivity contribution in [1.29, 1.82) is 0 Å². The molecule has 2 N–H and O–H groups in total. The SMILES string of the molecule is CC1COC(c2ccc(C3(N)CC3)cc2)=N1. The normalized spacial score (nSPS) is 26.1. The van der Waals surface area contributed by atoms with Crippen LogP contribution < -0.4 is 5.73 Å². The van der Waals surface area contributed by atoms with Crippen molar-refractivity contribution < 1.29 is 4.74 Å². The van der Waals surface area contributed by atoms with Gasteiger partial charge in [-0.3, -0.25) is 0 Å². The topological polar surface area (TPSA) is 47.6 Å². The van der Waals surface area contributed by atoms with Crippen LogP contribution >= 0.6 is 0 Å². The lowest BCUT2D eigenvalue weighted by molar-refractivity contribution is 0.324. The van der Waals surface area contributed by atoms with Gasteiger partial charge in [-0.2, -0.15) is 0 Å². The molecule has 0 radical (unpaired) electrons. The second-order valence-electron chi connectivity index (χ2n) is 4.83. The predicted octanol–water partition coefficient (Wildman–Crippen LogP) is 1.80. The van der Waals surface area contributed by atoms with Crippen LogP contribution in [0, 0.1) is 0 Å². The van der Waals surface area contributed by atoms with E-state index >= 15 is 0 Å². The Hall–Kier alpha value is -1.35. The Labute approximate surface area is 95.3 Å². The lowest BCUT2D eigenvalue weighted by atomic mass is 10.0. The first-order valence-corrected chi connectivity index (χ1v) is 5.78. The Morgan fingerprint density at radius 3 is 2.50 bits per heavy atom. The largest absolute Gasteiger partial charge is 0.475 e. The van der Waals surface area contributed by atoms with Crippen LogP contribution in [-0.4, -0.2) is 18.5 Å². The molecule has 1 aromatic carbocycles. The summed E-state index contributed by atoms with van der Waals surface area (Å²) in [5.74, 6) is 0.765. The highest BCUT2D eigenvalue weighted by atomic mass is 16.5. The summed E-state index contributed by atoms with van der Waals surface area (Å²) < 4.78 is 5.51. The molecule has 1 saturated carbocycles. The zero-order chi connectivity index (χ0) is 11.2. The zero-order valence-electron chi connectivity index (χ0n) is 9.44. The summed E-state index contributed by atoms with van der Waals surface area (Å²) in [6.45, 7) is 2.75. The Balaban J connectivity index is 1.85. The Bertz CT molecular complexity index is 432. The molecular weight excluding hydrogens is 200 g/mol. The van der Waals surface area contributed by atoms with Crippen LogP contribution in [0.25, 0.3) is 0 Å². The molecule has 0 spiro atoms. The summed E-state index contributed by atoms with van der Waals surface area (Å²) in [4.78, 5) is 4.43. The summed E-state index contributed by atoms with van der Waals surface area (Å²) in [5, 5.41) is 0. The Morgan fingerprint density at radius 2 is 2.00 bits per heavy atom. The zero-order valence-corrected chi connectivity index (χ0v) is 9.44. The number of hydrogen-bond donors (Lipinski definition) is 1. The van der Waals surface area contributed by atoms with E-state index in [1.807, 2.05) is 0 Å². The van der Waals surface area contributed by atoms with Crippen LogP contribution in [0.2, 0.25) is 0 Å². The molecule has 1 fully saturated rings. The van der Waals surface area contributed by atoms with Crippen LogP contribution in [0.1, 0.15) is 30.9 Å². The third kappa shape index (κ3) is 1.61. The standard InChI is InChI=1S/C13H16N2O/c1-9-8-16-12(15-9)10-2-4-11(5-3-10)13(14)6-7-13/h2-5,9H,6-8,14H2,1H3. The molecule has 84 valence electrons.